The number of nitrogens with one attached hydrogen (secondary N) is 2. The summed E-state index contributed by atoms with van der Waals surface area (Å²) in [6, 6.07) is 1.14. The first kappa shape index (κ1) is 18.7. The second-order valence-electron chi connectivity index (χ2n) is 7.37. The zero-order chi connectivity index (χ0) is 20.0. The van der Waals surface area contributed by atoms with E-state index in [0.29, 0.717) is 36.6 Å². The number of rotatable bonds is 3. The number of hydrogen-bond acceptors (Lipinski definition) is 6. The largest absolute Gasteiger partial charge is 0.487 e. The Kier molecular flexibility index (Phi) is 4.72. The van der Waals surface area contributed by atoms with E-state index in [1.165, 1.54) is 13.1 Å². The van der Waals surface area contributed by atoms with Gasteiger partial charge in [-0.1, -0.05) is 0 Å². The molecule has 28 heavy (non-hydrogen) atoms. The van der Waals surface area contributed by atoms with Crippen molar-refractivity contribution in [2.45, 2.75) is 13.0 Å². The highest BCUT2D eigenvalue weighted by Crippen LogP contribution is 2.42. The Labute approximate surface area is 161 Å². The lowest BCUT2D eigenvalue weighted by molar-refractivity contribution is 0.0936. The molecular weight excluding hydrogens is 365 g/mol. The summed E-state index contributed by atoms with van der Waals surface area (Å²) in [4.78, 5) is 29.4. The topological polar surface area (TPSA) is 78.8 Å². The number of anilines is 1. The zero-order valence-electron chi connectivity index (χ0n) is 16.2. The average Bonchev–Trinajstić information content (AvgIpc) is 2.67. The molecular formula is C19H24FN5O3. The van der Waals surface area contributed by atoms with Crippen molar-refractivity contribution >= 4 is 22.5 Å². The van der Waals surface area contributed by atoms with Crippen molar-refractivity contribution in [3.8, 4) is 5.75 Å². The van der Waals surface area contributed by atoms with E-state index in [2.05, 4.69) is 15.8 Å². The number of hydrazine groups is 1. The van der Waals surface area contributed by atoms with E-state index in [4.69, 9.17) is 4.74 Å². The normalized spacial score (nSPS) is 19.6. The monoisotopic (exact) mass is 389 g/mol. The van der Waals surface area contributed by atoms with Crippen molar-refractivity contribution in [3.05, 3.63) is 33.9 Å². The van der Waals surface area contributed by atoms with Gasteiger partial charge in [-0.15, -0.1) is 0 Å². The average molecular weight is 389 g/mol. The van der Waals surface area contributed by atoms with Crippen molar-refractivity contribution in [2.75, 3.05) is 51.8 Å². The lowest BCUT2D eigenvalue weighted by Gasteiger charge is -2.37. The molecule has 0 saturated carbocycles. The number of piperazine rings is 1. The Morgan fingerprint density at radius 2 is 2.00 bits per heavy atom. The van der Waals surface area contributed by atoms with Crippen molar-refractivity contribution in [2.24, 2.45) is 0 Å². The predicted molar refractivity (Wildman–Crippen MR) is 105 cm³/mol. The summed E-state index contributed by atoms with van der Waals surface area (Å²) in [5, 5.41) is 0.153. The summed E-state index contributed by atoms with van der Waals surface area (Å²) in [6.45, 7) is 5.27. The van der Waals surface area contributed by atoms with Crippen LogP contribution in [0.15, 0.2) is 17.1 Å². The third kappa shape index (κ3) is 2.91. The van der Waals surface area contributed by atoms with E-state index in [0.717, 1.165) is 13.1 Å². The molecule has 0 unspecified atom stereocenters. The summed E-state index contributed by atoms with van der Waals surface area (Å²) in [6.07, 6.45) is 1.54. The van der Waals surface area contributed by atoms with Crippen LogP contribution >= 0.6 is 0 Å². The number of benzene rings is 1. The number of carbonyl (C=O) groups excluding carboxylic acids is 1. The van der Waals surface area contributed by atoms with Crippen molar-refractivity contribution in [1.29, 1.82) is 0 Å². The molecule has 2 aliphatic rings. The second kappa shape index (κ2) is 7.06. The molecule has 1 saturated heterocycles. The molecule has 3 heterocycles. The number of nitrogens with zero attached hydrogens (tertiary/aromatic N) is 3. The highest BCUT2D eigenvalue weighted by molar-refractivity contribution is 5.99. The van der Waals surface area contributed by atoms with Gasteiger partial charge in [0.1, 0.15) is 17.9 Å². The van der Waals surface area contributed by atoms with Gasteiger partial charge in [0, 0.05) is 39.4 Å². The summed E-state index contributed by atoms with van der Waals surface area (Å²) in [7, 11) is 3.57. The van der Waals surface area contributed by atoms with Gasteiger partial charge in [0.05, 0.1) is 16.9 Å². The Bertz CT molecular complexity index is 997. The fraction of sp³-hybridized carbons (Fsp3) is 0.474. The van der Waals surface area contributed by atoms with Gasteiger partial charge in [0.2, 0.25) is 5.43 Å². The Hall–Kier alpha value is -2.65. The quantitative estimate of drug-likeness (QED) is 0.753. The number of likely N-dealkylation sites (N-methyl/N-ethyl adjacent to an activating group) is 1. The van der Waals surface area contributed by atoms with Crippen LogP contribution in [-0.2, 0) is 0 Å². The minimum Gasteiger partial charge on any atom is -0.487 e. The van der Waals surface area contributed by atoms with Gasteiger partial charge in [-0.25, -0.2) is 9.82 Å². The minimum atomic E-state index is -0.554. The standard InChI is InChI=1S/C19H24FN5O3/c1-11-10-28-18-15-12(17(26)13(9-25(11)15)19(27)22-21-2)8-14(20)16(18)24-6-4-23(3)5-7-24/h8-9,11,21H,4-7,10H2,1-3H3,(H,22,27)/t11-/m0/s1. The second-order valence-corrected chi connectivity index (χ2v) is 7.37. The van der Waals surface area contributed by atoms with E-state index in [1.54, 1.807) is 6.20 Å². The first-order valence-electron chi connectivity index (χ1n) is 9.37. The number of halogens is 1. The molecule has 0 radical (unpaired) electrons. The number of carbonyl (C=O) groups is 1. The fourth-order valence-electron chi connectivity index (χ4n) is 3.88. The molecule has 1 amide bonds. The molecule has 1 atom stereocenters. The van der Waals surface area contributed by atoms with Crippen LogP contribution in [0.3, 0.4) is 0 Å². The number of hydrogen-bond donors (Lipinski definition) is 2. The van der Waals surface area contributed by atoms with Crippen LogP contribution in [0.4, 0.5) is 10.1 Å². The lowest BCUT2D eigenvalue weighted by Crippen LogP contribution is -2.45. The molecule has 2 aliphatic heterocycles. The van der Waals surface area contributed by atoms with Gasteiger partial charge in [0.15, 0.2) is 11.6 Å². The van der Waals surface area contributed by atoms with Crippen LogP contribution < -0.4 is 25.9 Å². The molecule has 150 valence electrons. The summed E-state index contributed by atoms with van der Waals surface area (Å²) >= 11 is 0. The molecule has 1 aromatic heterocycles. The summed E-state index contributed by atoms with van der Waals surface area (Å²) in [5.41, 5.74) is 5.32. The van der Waals surface area contributed by atoms with Crippen molar-refractivity contribution < 1.29 is 13.9 Å². The van der Waals surface area contributed by atoms with Gasteiger partial charge in [0.25, 0.3) is 5.91 Å². The molecule has 0 aliphatic carbocycles. The van der Waals surface area contributed by atoms with Gasteiger partial charge >= 0.3 is 0 Å². The van der Waals surface area contributed by atoms with E-state index < -0.39 is 17.2 Å². The maximum atomic E-state index is 15.2. The first-order valence-corrected chi connectivity index (χ1v) is 9.37. The lowest BCUT2D eigenvalue weighted by atomic mass is 10.0. The zero-order valence-corrected chi connectivity index (χ0v) is 16.2. The van der Waals surface area contributed by atoms with Gasteiger partial charge in [-0.05, 0) is 20.0 Å². The molecule has 2 aromatic rings. The Morgan fingerprint density at radius 1 is 1.29 bits per heavy atom. The summed E-state index contributed by atoms with van der Waals surface area (Å²) < 4.78 is 22.9. The van der Waals surface area contributed by atoms with E-state index in [1.807, 2.05) is 23.4 Å². The van der Waals surface area contributed by atoms with Crippen molar-refractivity contribution in [1.82, 2.24) is 20.3 Å². The molecule has 0 bridgehead atoms. The minimum absolute atomic E-state index is 0.0340. The molecule has 1 fully saturated rings. The molecule has 4 rings (SSSR count). The maximum absolute atomic E-state index is 15.2. The van der Waals surface area contributed by atoms with Crippen LogP contribution in [0, 0.1) is 5.82 Å². The molecule has 0 spiro atoms. The number of amides is 1. The molecule has 1 aromatic carbocycles. The predicted octanol–water partition coefficient (Wildman–Crippen LogP) is 0.710. The molecule has 2 N–H and O–H groups in total. The smallest absolute Gasteiger partial charge is 0.270 e. The van der Waals surface area contributed by atoms with Gasteiger partial charge < -0.3 is 19.1 Å². The Morgan fingerprint density at radius 3 is 2.68 bits per heavy atom. The third-order valence-electron chi connectivity index (χ3n) is 5.44. The fourth-order valence-corrected chi connectivity index (χ4v) is 3.88. The number of pyridine rings is 1. The van der Waals surface area contributed by atoms with Gasteiger partial charge in [-0.3, -0.25) is 15.0 Å². The highest BCUT2D eigenvalue weighted by Gasteiger charge is 2.30. The SMILES string of the molecule is CNNC(=O)c1cn2c3c(c(N4CCN(C)CC4)c(F)cc3c1=O)OC[C@@H]2C. The molecule has 9 heteroatoms. The van der Waals surface area contributed by atoms with Crippen LogP contribution in [0.1, 0.15) is 23.3 Å². The van der Waals surface area contributed by atoms with Crippen LogP contribution in [-0.4, -0.2) is 62.3 Å². The maximum Gasteiger partial charge on any atom is 0.270 e. The van der Waals surface area contributed by atoms with Crippen molar-refractivity contribution in [3.63, 3.8) is 0 Å². The summed E-state index contributed by atoms with van der Waals surface area (Å²) in [5.74, 6) is -0.672. The van der Waals surface area contributed by atoms with E-state index in [-0.39, 0.29) is 17.0 Å². The van der Waals surface area contributed by atoms with Crippen LogP contribution in [0.5, 0.6) is 5.75 Å². The van der Waals surface area contributed by atoms with Crippen LogP contribution in [0.25, 0.3) is 10.9 Å². The Balaban J connectivity index is 1.95. The number of ether oxygens (including phenoxy) is 1. The van der Waals surface area contributed by atoms with Crippen LogP contribution in [0.2, 0.25) is 0 Å². The first-order chi connectivity index (χ1) is 13.4. The van der Waals surface area contributed by atoms with E-state index >= 15 is 4.39 Å². The number of aromatic nitrogens is 1. The van der Waals surface area contributed by atoms with E-state index in [9.17, 15) is 9.59 Å². The molecule has 8 nitrogen and oxygen atoms in total. The van der Waals surface area contributed by atoms with Gasteiger partial charge in [-0.2, -0.15) is 0 Å². The third-order valence-corrected chi connectivity index (χ3v) is 5.44. The highest BCUT2D eigenvalue weighted by atomic mass is 19.1.